The van der Waals surface area contributed by atoms with Gasteiger partial charge in [-0.25, -0.2) is 24.2 Å². The number of rotatable bonds is 21. The predicted octanol–water partition coefficient (Wildman–Crippen LogP) is 5.13. The number of benzene rings is 4. The van der Waals surface area contributed by atoms with Crippen molar-refractivity contribution in [3.63, 3.8) is 0 Å². The Labute approximate surface area is 864 Å². The minimum Gasteiger partial charge on any atom is -1.00 e. The van der Waals surface area contributed by atoms with Crippen molar-refractivity contribution in [2.24, 2.45) is 0 Å². The molecular weight excluding hydrogens is 2000 g/mol. The zero-order valence-electron chi connectivity index (χ0n) is 69.4. The number of amides is 1. The third-order valence-electron chi connectivity index (χ3n) is 14.2. The molecule has 8 heterocycles. The molecule has 0 spiro atoms. The summed E-state index contributed by atoms with van der Waals surface area (Å²) in [6, 6.07) is 63.6. The first-order valence-electron chi connectivity index (χ1n) is 35.6. The van der Waals surface area contributed by atoms with Crippen molar-refractivity contribution >= 4 is 187 Å². The SMILES string of the molecule is CCN(CC)CC.ClCc1ccccc1.O=C(Cl)C(=O)Cl.O=C(Cl)c1cccc(=O)n1OCc1ccccc1.O=C(O)c1cccc(=O)n1O.O=C(O)c1cccc(=O)n1OCc1ccccc1.O=C(O)c1cccc(Br)[nH+]1.O=C(O)c1cccc(Br)n1.O=C(c1cccc(=O)n1OCc1ccccc1)N1CCSC1=S.O=CO[O-].S=C1NCCS1.[2H]CF.[H-].[K+].[K+].[OH-]. The predicted molar refractivity (Wildman–Crippen MR) is 478 cm³/mol. The number of halogens is 7. The maximum absolute atomic E-state index is 12.6. The van der Waals surface area contributed by atoms with Crippen LogP contribution in [0.1, 0.15) is 109 Å². The number of carboxylic acids is 4. The molecule has 0 radical (unpaired) electrons. The largest absolute Gasteiger partial charge is 1.00 e. The Bertz CT molecular complexity index is 5100. The van der Waals surface area contributed by atoms with E-state index in [2.05, 4.69) is 101 Å². The number of hydrogen-bond acceptors (Lipinski definition) is 26. The second kappa shape index (κ2) is 72.8. The van der Waals surface area contributed by atoms with Crippen LogP contribution in [0.2, 0.25) is 0 Å². The van der Waals surface area contributed by atoms with Gasteiger partial charge in [0, 0.05) is 82.8 Å². The molecule has 10 aromatic rings. The Morgan fingerprint density at radius 1 is 0.563 bits per heavy atom. The fourth-order valence-electron chi connectivity index (χ4n) is 8.47. The van der Waals surface area contributed by atoms with Gasteiger partial charge in [0.25, 0.3) is 45.6 Å². The molecule has 1 amide bonds. The number of pyridine rings is 6. The molecule has 2 saturated heterocycles. The first-order chi connectivity index (χ1) is 59.2. The molecule has 2 fully saturated rings. The van der Waals surface area contributed by atoms with Crippen molar-refractivity contribution < 1.29 is 214 Å². The Hall–Kier alpha value is -8.11. The summed E-state index contributed by atoms with van der Waals surface area (Å²) in [4.78, 5) is 168. The first-order valence-corrected chi connectivity index (χ1v) is 41.0. The number of aromatic carboxylic acids is 4. The minimum atomic E-state index is -1.34. The monoisotopic (exact) mass is 2080 g/mol. The molecular formula is C80H82Br2Cl4FK2N9O24S4. The molecule has 33 nitrogen and oxygen atoms in total. The van der Waals surface area contributed by atoms with Gasteiger partial charge in [0.15, 0.2) is 11.4 Å². The van der Waals surface area contributed by atoms with Crippen molar-refractivity contribution in [3.05, 3.63) is 338 Å². The van der Waals surface area contributed by atoms with Crippen molar-refractivity contribution in [1.29, 1.82) is 0 Å². The van der Waals surface area contributed by atoms with Gasteiger partial charge in [-0.15, -0.1) is 30.5 Å². The molecule has 666 valence electrons. The van der Waals surface area contributed by atoms with Gasteiger partial charge < -0.3 is 67.4 Å². The quantitative estimate of drug-likeness (QED) is 0.00518. The molecule has 8 N–H and O–H groups in total. The maximum atomic E-state index is 12.6. The van der Waals surface area contributed by atoms with E-state index in [1.165, 1.54) is 103 Å². The van der Waals surface area contributed by atoms with Gasteiger partial charge in [0.2, 0.25) is 4.60 Å². The number of aromatic nitrogens is 6. The second-order valence-electron chi connectivity index (χ2n) is 22.3. The molecule has 2 aliphatic heterocycles. The number of thioether (sulfide) groups is 2. The number of carbonyl (C=O) groups is 9. The summed E-state index contributed by atoms with van der Waals surface area (Å²) in [6.07, 6.45) is 0. The van der Waals surface area contributed by atoms with Crippen LogP contribution in [0, 0.1) is 0 Å². The van der Waals surface area contributed by atoms with Crippen LogP contribution in [0.15, 0.2) is 259 Å². The molecule has 0 unspecified atom stereocenters. The number of aromatic amines is 1. The molecule has 6 aromatic heterocycles. The number of nitrogens with one attached hydrogen (secondary N) is 2. The van der Waals surface area contributed by atoms with Crippen molar-refractivity contribution in [2.75, 3.05) is 51.4 Å². The molecule has 0 saturated carbocycles. The molecule has 4 aromatic carbocycles. The van der Waals surface area contributed by atoms with E-state index in [9.17, 15) is 61.9 Å². The summed E-state index contributed by atoms with van der Waals surface area (Å²) < 4.78 is 21.0. The smallest absolute Gasteiger partial charge is 1.00 e. The molecule has 0 aliphatic carbocycles. The average molecular weight is 2080 g/mol. The van der Waals surface area contributed by atoms with Crippen LogP contribution in [-0.4, -0.2) is 177 Å². The van der Waals surface area contributed by atoms with E-state index >= 15 is 0 Å². The molecule has 2 aliphatic rings. The summed E-state index contributed by atoms with van der Waals surface area (Å²) in [6.45, 7) is 12.1. The van der Waals surface area contributed by atoms with E-state index in [1.807, 2.05) is 121 Å². The summed E-state index contributed by atoms with van der Waals surface area (Å²) in [5, 5.41) is 51.4. The van der Waals surface area contributed by atoms with Crippen LogP contribution in [0.3, 0.4) is 0 Å². The van der Waals surface area contributed by atoms with Crippen LogP contribution >= 0.6 is 126 Å². The number of H-pyrrole nitrogens is 1. The van der Waals surface area contributed by atoms with Gasteiger partial charge in [-0.1, -0.05) is 220 Å². The number of carbonyl (C=O) groups excluding carboxylic acids is 5. The van der Waals surface area contributed by atoms with Crippen LogP contribution in [0.25, 0.3) is 0 Å². The Kier molecular flexibility index (Phi) is 69.3. The normalized spacial score (nSPS) is 10.6. The zero-order chi connectivity index (χ0) is 92.9. The van der Waals surface area contributed by atoms with E-state index in [1.54, 1.807) is 48.2 Å². The maximum Gasteiger partial charge on any atom is 1.00 e. The Balaban J connectivity index is -0.000000678. The molecule has 0 bridgehead atoms. The molecule has 126 heavy (non-hydrogen) atoms. The van der Waals surface area contributed by atoms with Gasteiger partial charge in [-0.2, -0.15) is 4.98 Å². The first kappa shape index (κ1) is 120. The number of nitrogens with zero attached hydrogens (tertiary/aromatic N) is 7. The number of carboxylic acid groups (broad SMARTS) is 4. The van der Waals surface area contributed by atoms with Crippen LogP contribution in [0.5, 0.6) is 0 Å². The molecule has 12 rings (SSSR count). The van der Waals surface area contributed by atoms with Crippen molar-refractivity contribution in [2.45, 2.75) is 46.5 Å². The summed E-state index contributed by atoms with van der Waals surface area (Å²) in [5.41, 5.74) is 1.52. The van der Waals surface area contributed by atoms with E-state index in [-0.39, 0.29) is 181 Å². The van der Waals surface area contributed by atoms with Gasteiger partial charge in [-0.3, -0.25) is 52.4 Å². The van der Waals surface area contributed by atoms with Crippen LogP contribution in [-0.2, 0) is 45.0 Å². The van der Waals surface area contributed by atoms with Gasteiger partial charge in [0.05, 0.1) is 8.52 Å². The van der Waals surface area contributed by atoms with E-state index in [0.29, 0.717) is 26.0 Å². The van der Waals surface area contributed by atoms with E-state index < -0.39 is 69.1 Å². The summed E-state index contributed by atoms with van der Waals surface area (Å²) >= 11 is 39.2. The minimum absolute atomic E-state index is 0. The van der Waals surface area contributed by atoms with E-state index in [4.69, 9.17) is 99.2 Å². The Morgan fingerprint density at radius 2 is 0.944 bits per heavy atom. The topological polar surface area (TPSA) is 478 Å². The van der Waals surface area contributed by atoms with Crippen LogP contribution < -0.4 is 155 Å². The average Bonchev–Trinajstić information content (AvgIpc) is 1.50. The molecule has 0 atom stereocenters. The standard InChI is InChI=1S/C16H14N2O3S2.C13H10ClNO3.C13H11NO4.C7H7Cl.2C6H4BrNO2.C6H5NO4.C6H15N.C3H5NS2.C2Cl2O2.CH3F.CH2O3.2K.H2O.H/c19-14-8-4-7-13(15(20)17-9-10-23-16(17)22)18(14)21-11-12-5-2-1-3-6-12;14-13(17)11-7-4-8-12(16)15(11)18-9-10-5-2-1-3-6-10;15-12-8-4-7-11(13(16)17)14(12)18-9-10-5-2-1-3-6-10;8-6-7-4-2-1-3-5-7;2*7-5-3-1-2-4(8-5)6(9)10;8-5-3-1-2-4(6(9)10)7(5)11;1-4-7(5-2)6-3;5-3-4-1-2-6-3;3-1(5)2(4)6;1-2;2-1-4-3;;;;/h1-8H,9-11H2;1-8H,9H2;1-8H,9H2,(H,16,17);1-5H,6H2;2*1-3H,(H,9,10);1-3,11H,(H,9,10);4-6H2,1-3H3;1-2H2,(H,4,5);;1H3;1,3H;;;1H2;/q;;;;;;;;;;;;2*+1;;-1/p-1/i;;;;;;;;;;1D;;;;;. The van der Waals surface area contributed by atoms with E-state index in [0.717, 1.165) is 65.4 Å². The third-order valence-corrected chi connectivity index (χ3v) is 18.8. The fourth-order valence-corrected chi connectivity index (χ4v) is 11.6. The summed E-state index contributed by atoms with van der Waals surface area (Å²) in [7, 11) is -1.00. The van der Waals surface area contributed by atoms with Gasteiger partial charge >= 0.3 is 137 Å². The number of alkyl halides is 2. The van der Waals surface area contributed by atoms with Crippen LogP contribution in [0.4, 0.5) is 4.39 Å². The zero-order valence-corrected chi connectivity index (χ0v) is 83.2. The molecule has 46 heteroatoms. The third kappa shape index (κ3) is 51.2. The second-order valence-corrected chi connectivity index (χ2v) is 28.8. The Morgan fingerprint density at radius 3 is 1.23 bits per heavy atom. The van der Waals surface area contributed by atoms with Crippen molar-refractivity contribution in [3.8, 4) is 0 Å². The number of thiocarbonyl (C=S) groups is 2. The van der Waals surface area contributed by atoms with Gasteiger partial charge in [-0.05, 0) is 135 Å². The van der Waals surface area contributed by atoms with Gasteiger partial charge in [0.1, 0.15) is 50.1 Å². The fraction of sp³-hybridized carbons (Fsp3) is 0.188. The summed E-state index contributed by atoms with van der Waals surface area (Å²) in [5.74, 6) is -2.30. The number of hydrogen-bond donors (Lipinski definition) is 6. The van der Waals surface area contributed by atoms with Crippen molar-refractivity contribution in [1.82, 2.24) is 39.0 Å².